The van der Waals surface area contributed by atoms with E-state index < -0.39 is 5.66 Å². The average molecular weight is 434 g/mol. The molecule has 5 rings (SSSR count). The minimum absolute atomic E-state index is 0.00562. The molecule has 3 aliphatic rings. The summed E-state index contributed by atoms with van der Waals surface area (Å²) in [5.74, 6) is 0.605. The van der Waals surface area contributed by atoms with Gasteiger partial charge in [-0.2, -0.15) is 0 Å². The van der Waals surface area contributed by atoms with E-state index in [2.05, 4.69) is 15.2 Å². The number of anilines is 3. The zero-order valence-corrected chi connectivity index (χ0v) is 18.2. The normalized spacial score (nSPS) is 22.2. The fourth-order valence-electron chi connectivity index (χ4n) is 5.07. The van der Waals surface area contributed by atoms with Crippen molar-refractivity contribution in [2.45, 2.75) is 44.7 Å². The van der Waals surface area contributed by atoms with Crippen LogP contribution < -0.4 is 15.1 Å². The molecule has 1 N–H and O–H groups in total. The lowest BCUT2D eigenvalue weighted by Crippen LogP contribution is -2.62. The highest BCUT2D eigenvalue weighted by Crippen LogP contribution is 2.43. The van der Waals surface area contributed by atoms with Crippen LogP contribution in [0, 0.1) is 0 Å². The van der Waals surface area contributed by atoms with Gasteiger partial charge in [0.25, 0.3) is 5.91 Å². The SMILES string of the molecule is CC12CCC(=O)N1c1ccccc1C(=O)N2CCC(=O)Nc1ccc(N2CCCC2)nc1. The van der Waals surface area contributed by atoms with Gasteiger partial charge >= 0.3 is 0 Å². The van der Waals surface area contributed by atoms with Gasteiger partial charge in [-0.1, -0.05) is 12.1 Å². The van der Waals surface area contributed by atoms with Crippen molar-refractivity contribution in [1.29, 1.82) is 0 Å². The molecule has 4 heterocycles. The minimum Gasteiger partial charge on any atom is -0.357 e. The summed E-state index contributed by atoms with van der Waals surface area (Å²) in [5, 5.41) is 2.88. The molecule has 2 saturated heterocycles. The van der Waals surface area contributed by atoms with Gasteiger partial charge in [0.15, 0.2) is 0 Å². The standard InChI is InChI=1S/C24H27N5O3/c1-24-12-10-22(31)29(24)19-7-3-2-6-18(19)23(32)28(24)15-11-21(30)26-17-8-9-20(25-16-17)27-13-4-5-14-27/h2-3,6-9,16H,4-5,10-15H2,1H3,(H,26,30). The van der Waals surface area contributed by atoms with E-state index in [1.165, 1.54) is 12.8 Å². The van der Waals surface area contributed by atoms with E-state index in [1.807, 2.05) is 31.2 Å². The second kappa shape index (κ2) is 7.93. The van der Waals surface area contributed by atoms with E-state index >= 15 is 0 Å². The Hall–Kier alpha value is -3.42. The summed E-state index contributed by atoms with van der Waals surface area (Å²) in [6.45, 7) is 4.18. The molecule has 8 heteroatoms. The molecule has 0 radical (unpaired) electrons. The summed E-state index contributed by atoms with van der Waals surface area (Å²) < 4.78 is 0. The third kappa shape index (κ3) is 3.39. The second-order valence-electron chi connectivity index (χ2n) is 8.82. The molecule has 8 nitrogen and oxygen atoms in total. The van der Waals surface area contributed by atoms with Crippen LogP contribution in [-0.2, 0) is 9.59 Å². The molecule has 1 atom stereocenters. The predicted molar refractivity (Wildman–Crippen MR) is 122 cm³/mol. The highest BCUT2D eigenvalue weighted by molar-refractivity contribution is 6.10. The van der Waals surface area contributed by atoms with Gasteiger partial charge in [-0.3, -0.25) is 19.3 Å². The van der Waals surface area contributed by atoms with E-state index in [0.29, 0.717) is 29.8 Å². The number of nitrogens with one attached hydrogen (secondary N) is 1. The number of hydrogen-bond donors (Lipinski definition) is 1. The lowest BCUT2D eigenvalue weighted by molar-refractivity contribution is -0.117. The maximum Gasteiger partial charge on any atom is 0.257 e. The summed E-state index contributed by atoms with van der Waals surface area (Å²) in [4.78, 5) is 48.6. The Bertz CT molecular complexity index is 1060. The van der Waals surface area contributed by atoms with Gasteiger partial charge in [0.05, 0.1) is 23.1 Å². The van der Waals surface area contributed by atoms with E-state index in [0.717, 1.165) is 18.9 Å². The van der Waals surface area contributed by atoms with Crippen LogP contribution in [0.5, 0.6) is 0 Å². The van der Waals surface area contributed by atoms with Gasteiger partial charge in [0.2, 0.25) is 11.8 Å². The first-order valence-electron chi connectivity index (χ1n) is 11.2. The number of fused-ring (bicyclic) bond motifs is 3. The van der Waals surface area contributed by atoms with Gasteiger partial charge in [0, 0.05) is 32.5 Å². The van der Waals surface area contributed by atoms with Crippen LogP contribution in [0.2, 0.25) is 0 Å². The Kier molecular flexibility index (Phi) is 5.07. The number of carbonyl (C=O) groups is 3. The third-order valence-corrected chi connectivity index (χ3v) is 6.77. The number of hydrogen-bond acceptors (Lipinski definition) is 5. The van der Waals surface area contributed by atoms with Crippen molar-refractivity contribution in [3.05, 3.63) is 48.2 Å². The smallest absolute Gasteiger partial charge is 0.257 e. The van der Waals surface area contributed by atoms with Crippen molar-refractivity contribution < 1.29 is 14.4 Å². The van der Waals surface area contributed by atoms with Crippen LogP contribution in [-0.4, -0.2) is 52.9 Å². The fraction of sp³-hybridized carbons (Fsp3) is 0.417. The molecule has 3 amide bonds. The molecule has 32 heavy (non-hydrogen) atoms. The molecule has 1 aromatic heterocycles. The molecule has 1 unspecified atom stereocenters. The highest BCUT2D eigenvalue weighted by atomic mass is 16.2. The molecular weight excluding hydrogens is 406 g/mol. The highest BCUT2D eigenvalue weighted by Gasteiger charge is 2.52. The molecule has 0 aliphatic carbocycles. The molecular formula is C24H27N5O3. The van der Waals surface area contributed by atoms with Crippen LogP contribution >= 0.6 is 0 Å². The quantitative estimate of drug-likeness (QED) is 0.784. The van der Waals surface area contributed by atoms with Crippen LogP contribution in [0.4, 0.5) is 17.2 Å². The van der Waals surface area contributed by atoms with Gasteiger partial charge in [-0.25, -0.2) is 4.98 Å². The Morgan fingerprint density at radius 1 is 1.12 bits per heavy atom. The number of nitrogens with zero attached hydrogens (tertiary/aromatic N) is 4. The van der Waals surface area contributed by atoms with Crippen molar-refractivity contribution in [2.24, 2.45) is 0 Å². The van der Waals surface area contributed by atoms with Gasteiger partial charge in [-0.05, 0) is 50.5 Å². The summed E-state index contributed by atoms with van der Waals surface area (Å²) in [5.41, 5.74) is 1.05. The van der Waals surface area contributed by atoms with Crippen LogP contribution in [0.3, 0.4) is 0 Å². The molecule has 166 valence electrons. The van der Waals surface area contributed by atoms with E-state index in [9.17, 15) is 14.4 Å². The number of rotatable bonds is 5. The number of aromatic nitrogens is 1. The first kappa shape index (κ1) is 20.5. The lowest BCUT2D eigenvalue weighted by Gasteiger charge is -2.48. The Balaban J connectivity index is 1.27. The summed E-state index contributed by atoms with van der Waals surface area (Å²) >= 11 is 0. The Labute approximate surface area is 187 Å². The Morgan fingerprint density at radius 2 is 1.91 bits per heavy atom. The van der Waals surface area contributed by atoms with Crippen LogP contribution in [0.25, 0.3) is 0 Å². The number of pyridine rings is 1. The molecule has 0 bridgehead atoms. The van der Waals surface area contributed by atoms with E-state index in [1.54, 1.807) is 28.1 Å². The van der Waals surface area contributed by atoms with E-state index in [4.69, 9.17) is 0 Å². The first-order chi connectivity index (χ1) is 15.5. The molecule has 0 spiro atoms. The largest absolute Gasteiger partial charge is 0.357 e. The summed E-state index contributed by atoms with van der Waals surface area (Å²) in [6.07, 6.45) is 5.11. The molecule has 3 aliphatic heterocycles. The zero-order valence-electron chi connectivity index (χ0n) is 18.2. The average Bonchev–Trinajstić information content (AvgIpc) is 3.43. The summed E-state index contributed by atoms with van der Waals surface area (Å²) in [6, 6.07) is 11.0. The number of carbonyl (C=O) groups excluding carboxylic acids is 3. The minimum atomic E-state index is -0.748. The van der Waals surface area contributed by atoms with Crippen molar-refractivity contribution in [2.75, 3.05) is 34.8 Å². The van der Waals surface area contributed by atoms with Gasteiger partial charge in [-0.15, -0.1) is 0 Å². The van der Waals surface area contributed by atoms with Crippen molar-refractivity contribution in [3.63, 3.8) is 0 Å². The molecule has 0 saturated carbocycles. The zero-order chi connectivity index (χ0) is 22.3. The lowest BCUT2D eigenvalue weighted by atomic mass is 9.98. The first-order valence-corrected chi connectivity index (χ1v) is 11.2. The third-order valence-electron chi connectivity index (χ3n) is 6.77. The predicted octanol–water partition coefficient (Wildman–Crippen LogP) is 3.01. The Morgan fingerprint density at radius 3 is 2.66 bits per heavy atom. The fourth-order valence-corrected chi connectivity index (χ4v) is 5.07. The number of benzene rings is 1. The topological polar surface area (TPSA) is 85.8 Å². The van der Waals surface area contributed by atoms with Gasteiger partial charge in [0.1, 0.15) is 11.5 Å². The van der Waals surface area contributed by atoms with Crippen LogP contribution in [0.15, 0.2) is 42.6 Å². The van der Waals surface area contributed by atoms with Crippen LogP contribution in [0.1, 0.15) is 49.4 Å². The molecule has 2 aromatic rings. The van der Waals surface area contributed by atoms with Crippen molar-refractivity contribution in [3.8, 4) is 0 Å². The number of para-hydroxylation sites is 1. The van der Waals surface area contributed by atoms with Crippen molar-refractivity contribution in [1.82, 2.24) is 9.88 Å². The second-order valence-corrected chi connectivity index (χ2v) is 8.82. The molecule has 1 aromatic carbocycles. The monoisotopic (exact) mass is 433 g/mol. The summed E-state index contributed by atoms with van der Waals surface area (Å²) in [7, 11) is 0. The number of amides is 3. The maximum absolute atomic E-state index is 13.2. The van der Waals surface area contributed by atoms with Crippen molar-refractivity contribution >= 4 is 34.9 Å². The van der Waals surface area contributed by atoms with Gasteiger partial charge < -0.3 is 15.1 Å². The molecule has 2 fully saturated rings. The van der Waals surface area contributed by atoms with E-state index in [-0.39, 0.29) is 30.7 Å². The maximum atomic E-state index is 13.2.